The average molecular weight is 258 g/mol. The number of nitrogens with one attached hydrogen (secondary N) is 1. The fraction of sp³-hybridized carbons (Fsp3) is 0.286. The van der Waals surface area contributed by atoms with Crippen molar-refractivity contribution in [1.82, 2.24) is 9.97 Å². The van der Waals surface area contributed by atoms with Crippen LogP contribution >= 0.6 is 0 Å². The molecule has 3 N–H and O–H groups in total. The fourth-order valence-electron chi connectivity index (χ4n) is 1.55. The van der Waals surface area contributed by atoms with Crippen LogP contribution in [-0.2, 0) is 6.54 Å². The molecule has 0 atom stereocenters. The van der Waals surface area contributed by atoms with Crippen molar-refractivity contribution in [2.75, 3.05) is 17.7 Å². The molecule has 0 fully saturated rings. The predicted octanol–water partition coefficient (Wildman–Crippen LogP) is 2.46. The Balaban J connectivity index is 1.93. The molecule has 2 aromatic rings. The molecule has 0 aliphatic rings. The minimum atomic E-state index is 0.594. The van der Waals surface area contributed by atoms with E-state index in [2.05, 4.69) is 22.2 Å². The summed E-state index contributed by atoms with van der Waals surface area (Å²) in [5, 5.41) is 3.23. The van der Waals surface area contributed by atoms with Crippen LogP contribution in [-0.4, -0.2) is 16.6 Å². The highest BCUT2D eigenvalue weighted by Crippen LogP contribution is 2.13. The quantitative estimate of drug-likeness (QED) is 0.779. The zero-order chi connectivity index (χ0) is 13.5. The van der Waals surface area contributed by atoms with Crippen molar-refractivity contribution in [3.05, 3.63) is 42.2 Å². The molecule has 1 heterocycles. The zero-order valence-corrected chi connectivity index (χ0v) is 11.0. The topological polar surface area (TPSA) is 73.1 Å². The Morgan fingerprint density at radius 1 is 1.21 bits per heavy atom. The van der Waals surface area contributed by atoms with E-state index in [1.54, 1.807) is 6.07 Å². The van der Waals surface area contributed by atoms with Crippen molar-refractivity contribution < 1.29 is 4.74 Å². The number of hydrogen-bond donors (Lipinski definition) is 2. The SMILES string of the molecule is CCCOc1cc(NCc2ccc(N)cc2)ncn1. The molecule has 0 spiro atoms. The van der Waals surface area contributed by atoms with Crippen LogP contribution in [0.25, 0.3) is 0 Å². The number of rotatable bonds is 6. The third-order valence-electron chi connectivity index (χ3n) is 2.55. The van der Waals surface area contributed by atoms with Gasteiger partial charge in [0, 0.05) is 18.3 Å². The van der Waals surface area contributed by atoms with Gasteiger partial charge in [-0.2, -0.15) is 0 Å². The van der Waals surface area contributed by atoms with Gasteiger partial charge in [0.2, 0.25) is 5.88 Å². The second kappa shape index (κ2) is 6.58. The van der Waals surface area contributed by atoms with Gasteiger partial charge < -0.3 is 15.8 Å². The Morgan fingerprint density at radius 2 is 2.00 bits per heavy atom. The van der Waals surface area contributed by atoms with Gasteiger partial charge in [-0.25, -0.2) is 9.97 Å². The van der Waals surface area contributed by atoms with Crippen LogP contribution in [0.1, 0.15) is 18.9 Å². The van der Waals surface area contributed by atoms with Crippen molar-refractivity contribution in [1.29, 1.82) is 0 Å². The van der Waals surface area contributed by atoms with Crippen LogP contribution in [0.4, 0.5) is 11.5 Å². The van der Waals surface area contributed by atoms with Gasteiger partial charge in [-0.1, -0.05) is 19.1 Å². The van der Waals surface area contributed by atoms with E-state index >= 15 is 0 Å². The smallest absolute Gasteiger partial charge is 0.218 e. The molecule has 0 aliphatic carbocycles. The lowest BCUT2D eigenvalue weighted by atomic mass is 10.2. The summed E-state index contributed by atoms with van der Waals surface area (Å²) in [5.74, 6) is 1.34. The van der Waals surface area contributed by atoms with E-state index in [0.29, 0.717) is 19.0 Å². The Hall–Kier alpha value is -2.30. The van der Waals surface area contributed by atoms with Crippen molar-refractivity contribution in [3.8, 4) is 5.88 Å². The Labute approximate surface area is 112 Å². The molecule has 19 heavy (non-hydrogen) atoms. The molecule has 0 aliphatic heterocycles. The molecule has 2 rings (SSSR count). The van der Waals surface area contributed by atoms with E-state index in [1.807, 2.05) is 24.3 Å². The summed E-state index contributed by atoms with van der Waals surface area (Å²) < 4.78 is 5.46. The summed E-state index contributed by atoms with van der Waals surface area (Å²) in [6, 6.07) is 9.53. The highest BCUT2D eigenvalue weighted by atomic mass is 16.5. The first-order chi connectivity index (χ1) is 9.28. The molecule has 5 heteroatoms. The van der Waals surface area contributed by atoms with Crippen LogP contribution in [0.5, 0.6) is 5.88 Å². The van der Waals surface area contributed by atoms with Gasteiger partial charge in [0.25, 0.3) is 0 Å². The van der Waals surface area contributed by atoms with Crippen molar-refractivity contribution in [2.45, 2.75) is 19.9 Å². The lowest BCUT2D eigenvalue weighted by molar-refractivity contribution is 0.305. The molecular formula is C14H18N4O. The van der Waals surface area contributed by atoms with Gasteiger partial charge in [0.15, 0.2) is 0 Å². The van der Waals surface area contributed by atoms with Gasteiger partial charge in [-0.3, -0.25) is 0 Å². The van der Waals surface area contributed by atoms with Gasteiger partial charge in [0.05, 0.1) is 6.61 Å². The summed E-state index contributed by atoms with van der Waals surface area (Å²) in [6.07, 6.45) is 2.45. The first-order valence-electron chi connectivity index (χ1n) is 6.31. The number of anilines is 2. The van der Waals surface area contributed by atoms with Crippen LogP contribution in [0.15, 0.2) is 36.7 Å². The molecule has 0 radical (unpaired) electrons. The van der Waals surface area contributed by atoms with E-state index in [0.717, 1.165) is 23.5 Å². The first kappa shape index (κ1) is 13.1. The molecule has 1 aromatic carbocycles. The lowest BCUT2D eigenvalue weighted by Crippen LogP contribution is -2.03. The fourth-order valence-corrected chi connectivity index (χ4v) is 1.55. The predicted molar refractivity (Wildman–Crippen MR) is 76.0 cm³/mol. The molecule has 100 valence electrons. The molecule has 0 unspecified atom stereocenters. The second-order valence-corrected chi connectivity index (χ2v) is 4.19. The highest BCUT2D eigenvalue weighted by Gasteiger charge is 1.99. The molecule has 1 aromatic heterocycles. The highest BCUT2D eigenvalue weighted by molar-refractivity contribution is 5.42. The van der Waals surface area contributed by atoms with Gasteiger partial charge in [0.1, 0.15) is 12.1 Å². The molecule has 0 bridgehead atoms. The Morgan fingerprint density at radius 3 is 2.74 bits per heavy atom. The van der Waals surface area contributed by atoms with E-state index < -0.39 is 0 Å². The van der Waals surface area contributed by atoms with E-state index in [9.17, 15) is 0 Å². The Kier molecular flexibility index (Phi) is 4.55. The van der Waals surface area contributed by atoms with Gasteiger partial charge in [-0.05, 0) is 24.1 Å². The molecular weight excluding hydrogens is 240 g/mol. The van der Waals surface area contributed by atoms with Crippen LogP contribution in [0.3, 0.4) is 0 Å². The average Bonchev–Trinajstić information content (AvgIpc) is 2.45. The minimum absolute atomic E-state index is 0.594. The third-order valence-corrected chi connectivity index (χ3v) is 2.55. The number of nitrogen functional groups attached to an aromatic ring is 1. The van der Waals surface area contributed by atoms with Crippen LogP contribution < -0.4 is 15.8 Å². The normalized spacial score (nSPS) is 10.2. The summed E-state index contributed by atoms with van der Waals surface area (Å²) >= 11 is 0. The number of aromatic nitrogens is 2. The monoisotopic (exact) mass is 258 g/mol. The third kappa shape index (κ3) is 4.13. The summed E-state index contributed by atoms with van der Waals surface area (Å²) in [7, 11) is 0. The van der Waals surface area contributed by atoms with Crippen LogP contribution in [0, 0.1) is 0 Å². The molecule has 5 nitrogen and oxygen atoms in total. The van der Waals surface area contributed by atoms with E-state index in [1.165, 1.54) is 6.33 Å². The van der Waals surface area contributed by atoms with E-state index in [4.69, 9.17) is 10.5 Å². The number of nitrogens with two attached hydrogens (primary N) is 1. The standard InChI is InChI=1S/C14H18N4O/c1-2-7-19-14-8-13(17-10-18-14)16-9-11-3-5-12(15)6-4-11/h3-6,8,10H,2,7,9,15H2,1H3,(H,16,17,18). The lowest BCUT2D eigenvalue weighted by Gasteiger charge is -2.08. The van der Waals surface area contributed by atoms with Crippen LogP contribution in [0.2, 0.25) is 0 Å². The number of ether oxygens (including phenoxy) is 1. The maximum absolute atomic E-state index is 5.64. The van der Waals surface area contributed by atoms with Gasteiger partial charge >= 0.3 is 0 Å². The van der Waals surface area contributed by atoms with Gasteiger partial charge in [-0.15, -0.1) is 0 Å². The van der Waals surface area contributed by atoms with Crippen molar-refractivity contribution in [2.24, 2.45) is 0 Å². The molecule has 0 saturated heterocycles. The molecule has 0 amide bonds. The Bertz CT molecular complexity index is 513. The zero-order valence-electron chi connectivity index (χ0n) is 11.0. The second-order valence-electron chi connectivity index (χ2n) is 4.19. The summed E-state index contributed by atoms with van der Waals surface area (Å²) in [4.78, 5) is 8.21. The number of hydrogen-bond acceptors (Lipinski definition) is 5. The largest absolute Gasteiger partial charge is 0.478 e. The van der Waals surface area contributed by atoms with Crippen molar-refractivity contribution >= 4 is 11.5 Å². The maximum atomic E-state index is 5.64. The first-order valence-corrected chi connectivity index (χ1v) is 6.31. The number of nitrogens with zero attached hydrogens (tertiary/aromatic N) is 2. The minimum Gasteiger partial charge on any atom is -0.478 e. The molecule has 0 saturated carbocycles. The maximum Gasteiger partial charge on any atom is 0.218 e. The van der Waals surface area contributed by atoms with Crippen molar-refractivity contribution in [3.63, 3.8) is 0 Å². The summed E-state index contributed by atoms with van der Waals surface area (Å²) in [5.41, 5.74) is 7.55. The number of benzene rings is 1. The summed E-state index contributed by atoms with van der Waals surface area (Å²) in [6.45, 7) is 3.40. The van der Waals surface area contributed by atoms with E-state index in [-0.39, 0.29) is 0 Å².